The topological polar surface area (TPSA) is 73.6 Å². The number of hydrogen-bond donors (Lipinski definition) is 2. The van der Waals surface area contributed by atoms with E-state index in [1.54, 1.807) is 14.2 Å². The van der Waals surface area contributed by atoms with E-state index in [2.05, 4.69) is 5.32 Å². The number of benzene rings is 2. The highest BCUT2D eigenvalue weighted by molar-refractivity contribution is 5.85. The van der Waals surface area contributed by atoms with Crippen molar-refractivity contribution in [3.8, 4) is 11.5 Å². The molecule has 26 heavy (non-hydrogen) atoms. The van der Waals surface area contributed by atoms with Gasteiger partial charge in [-0.1, -0.05) is 43.3 Å². The van der Waals surface area contributed by atoms with Crippen LogP contribution in [0.2, 0.25) is 0 Å². The maximum absolute atomic E-state index is 12.3. The summed E-state index contributed by atoms with van der Waals surface area (Å²) in [5, 5.41) is 2.96. The fraction of sp³-hybridized carbons (Fsp3) is 0.350. The monoisotopic (exact) mass is 378 g/mol. The van der Waals surface area contributed by atoms with Gasteiger partial charge in [0.05, 0.1) is 20.1 Å². The molecule has 2 aromatic rings. The Labute approximate surface area is 161 Å². The molecule has 0 aliphatic rings. The van der Waals surface area contributed by atoms with Gasteiger partial charge in [-0.2, -0.15) is 0 Å². The number of amides is 1. The largest absolute Gasteiger partial charge is 0.493 e. The summed E-state index contributed by atoms with van der Waals surface area (Å²) in [6.45, 7) is 2.39. The third kappa shape index (κ3) is 5.64. The first kappa shape index (κ1) is 21.8. The number of carbonyl (C=O) groups is 1. The Balaban J connectivity index is 0.00000338. The SMILES string of the molecule is COc1ccc(CCNC(=O)C(C)C(N)c2ccccc2)cc1OC.Cl. The van der Waals surface area contributed by atoms with Crippen LogP contribution in [0.5, 0.6) is 11.5 Å². The second-order valence-electron chi connectivity index (χ2n) is 5.96. The minimum atomic E-state index is -0.317. The molecule has 2 unspecified atom stereocenters. The van der Waals surface area contributed by atoms with Crippen molar-refractivity contribution in [3.63, 3.8) is 0 Å². The maximum atomic E-state index is 12.3. The van der Waals surface area contributed by atoms with E-state index in [0.29, 0.717) is 24.5 Å². The third-order valence-electron chi connectivity index (χ3n) is 4.30. The lowest BCUT2D eigenvalue weighted by molar-refractivity contribution is -0.125. The maximum Gasteiger partial charge on any atom is 0.224 e. The first-order chi connectivity index (χ1) is 12.1. The Bertz CT molecular complexity index is 695. The molecular weight excluding hydrogens is 352 g/mol. The highest BCUT2D eigenvalue weighted by Gasteiger charge is 2.21. The van der Waals surface area contributed by atoms with E-state index in [0.717, 1.165) is 11.1 Å². The summed E-state index contributed by atoms with van der Waals surface area (Å²) in [6, 6.07) is 15.1. The van der Waals surface area contributed by atoms with Gasteiger partial charge in [0, 0.05) is 12.6 Å². The van der Waals surface area contributed by atoms with Gasteiger partial charge in [-0.15, -0.1) is 12.4 Å². The van der Waals surface area contributed by atoms with E-state index in [1.807, 2.05) is 55.5 Å². The van der Waals surface area contributed by atoms with Gasteiger partial charge < -0.3 is 20.5 Å². The number of nitrogens with two attached hydrogens (primary N) is 1. The smallest absolute Gasteiger partial charge is 0.224 e. The molecule has 6 heteroatoms. The van der Waals surface area contributed by atoms with Gasteiger partial charge in [0.1, 0.15) is 0 Å². The van der Waals surface area contributed by atoms with Crippen LogP contribution in [0.15, 0.2) is 48.5 Å². The first-order valence-corrected chi connectivity index (χ1v) is 8.36. The molecule has 2 atom stereocenters. The molecule has 2 aromatic carbocycles. The van der Waals surface area contributed by atoms with Crippen LogP contribution in [-0.4, -0.2) is 26.7 Å². The number of hydrogen-bond acceptors (Lipinski definition) is 4. The van der Waals surface area contributed by atoms with Gasteiger partial charge in [-0.3, -0.25) is 4.79 Å². The summed E-state index contributed by atoms with van der Waals surface area (Å²) >= 11 is 0. The molecule has 5 nitrogen and oxygen atoms in total. The molecule has 0 saturated heterocycles. The molecule has 1 amide bonds. The van der Waals surface area contributed by atoms with Gasteiger partial charge in [0.25, 0.3) is 0 Å². The lowest BCUT2D eigenvalue weighted by Gasteiger charge is -2.20. The quantitative estimate of drug-likeness (QED) is 0.740. The Morgan fingerprint density at radius 1 is 1.08 bits per heavy atom. The number of methoxy groups -OCH3 is 2. The summed E-state index contributed by atoms with van der Waals surface area (Å²) in [6.07, 6.45) is 0.708. The van der Waals surface area contributed by atoms with Crippen molar-refractivity contribution in [2.45, 2.75) is 19.4 Å². The number of nitrogens with one attached hydrogen (secondary N) is 1. The number of halogens is 1. The van der Waals surface area contributed by atoms with E-state index in [1.165, 1.54) is 0 Å². The zero-order chi connectivity index (χ0) is 18.2. The predicted octanol–water partition coefficient (Wildman–Crippen LogP) is 3.12. The van der Waals surface area contributed by atoms with Crippen molar-refractivity contribution < 1.29 is 14.3 Å². The average Bonchev–Trinajstić information content (AvgIpc) is 2.67. The van der Waals surface area contributed by atoms with Gasteiger partial charge >= 0.3 is 0 Å². The van der Waals surface area contributed by atoms with Crippen LogP contribution in [0.4, 0.5) is 0 Å². The first-order valence-electron chi connectivity index (χ1n) is 8.36. The fourth-order valence-electron chi connectivity index (χ4n) is 2.65. The average molecular weight is 379 g/mol. The minimum absolute atomic E-state index is 0. The molecule has 2 rings (SSSR count). The third-order valence-corrected chi connectivity index (χ3v) is 4.30. The Kier molecular flexibility index (Phi) is 8.96. The zero-order valence-corrected chi connectivity index (χ0v) is 16.2. The molecule has 0 aliphatic heterocycles. The number of ether oxygens (including phenoxy) is 2. The summed E-state index contributed by atoms with van der Waals surface area (Å²) in [4.78, 5) is 12.3. The van der Waals surface area contributed by atoms with Crippen LogP contribution in [0, 0.1) is 5.92 Å². The van der Waals surface area contributed by atoms with E-state index in [4.69, 9.17) is 15.2 Å². The van der Waals surface area contributed by atoms with Crippen molar-refractivity contribution in [3.05, 3.63) is 59.7 Å². The predicted molar refractivity (Wildman–Crippen MR) is 106 cm³/mol. The number of rotatable bonds is 8. The molecule has 0 radical (unpaired) electrons. The van der Waals surface area contributed by atoms with Crippen LogP contribution in [0.3, 0.4) is 0 Å². The lowest BCUT2D eigenvalue weighted by Crippen LogP contribution is -2.36. The zero-order valence-electron chi connectivity index (χ0n) is 15.4. The van der Waals surface area contributed by atoms with E-state index in [-0.39, 0.29) is 30.3 Å². The summed E-state index contributed by atoms with van der Waals surface area (Å²) in [5.74, 6) is 1.04. The molecule has 0 bridgehead atoms. The normalized spacial score (nSPS) is 12.5. The van der Waals surface area contributed by atoms with Gasteiger partial charge in [0.15, 0.2) is 11.5 Å². The molecular formula is C20H27ClN2O3. The lowest BCUT2D eigenvalue weighted by atomic mass is 9.94. The molecule has 0 saturated carbocycles. The Morgan fingerprint density at radius 2 is 1.73 bits per heavy atom. The molecule has 142 valence electrons. The number of carbonyl (C=O) groups excluding carboxylic acids is 1. The highest BCUT2D eigenvalue weighted by atomic mass is 35.5. The van der Waals surface area contributed by atoms with E-state index < -0.39 is 0 Å². The second-order valence-corrected chi connectivity index (χ2v) is 5.96. The van der Waals surface area contributed by atoms with Crippen LogP contribution >= 0.6 is 12.4 Å². The van der Waals surface area contributed by atoms with Crippen molar-refractivity contribution in [1.29, 1.82) is 0 Å². The molecule has 0 fully saturated rings. The van der Waals surface area contributed by atoms with Gasteiger partial charge in [-0.05, 0) is 29.7 Å². The van der Waals surface area contributed by atoms with Crippen LogP contribution in [0.25, 0.3) is 0 Å². The van der Waals surface area contributed by atoms with Crippen LogP contribution in [0.1, 0.15) is 24.1 Å². The molecule has 0 spiro atoms. The summed E-state index contributed by atoms with van der Waals surface area (Å²) in [5.41, 5.74) is 8.23. The van der Waals surface area contributed by atoms with Crippen molar-refractivity contribution in [2.75, 3.05) is 20.8 Å². The highest BCUT2D eigenvalue weighted by Crippen LogP contribution is 2.27. The minimum Gasteiger partial charge on any atom is -0.493 e. The van der Waals surface area contributed by atoms with Crippen LogP contribution in [-0.2, 0) is 11.2 Å². The fourth-order valence-corrected chi connectivity index (χ4v) is 2.65. The molecule has 0 aliphatic carbocycles. The van der Waals surface area contributed by atoms with Crippen molar-refractivity contribution >= 4 is 18.3 Å². The van der Waals surface area contributed by atoms with Gasteiger partial charge in [0.2, 0.25) is 5.91 Å². The van der Waals surface area contributed by atoms with E-state index in [9.17, 15) is 4.79 Å². The standard InChI is InChI=1S/C20H26N2O3.ClH/c1-14(19(21)16-7-5-4-6-8-16)20(23)22-12-11-15-9-10-17(24-2)18(13-15)25-3;/h4-10,13-14,19H,11-12,21H2,1-3H3,(H,22,23);1H. The molecule has 0 heterocycles. The van der Waals surface area contributed by atoms with Gasteiger partial charge in [-0.25, -0.2) is 0 Å². The summed E-state index contributed by atoms with van der Waals surface area (Å²) < 4.78 is 10.5. The summed E-state index contributed by atoms with van der Waals surface area (Å²) in [7, 11) is 3.21. The second kappa shape index (κ2) is 10.7. The molecule has 0 aromatic heterocycles. The van der Waals surface area contributed by atoms with Crippen molar-refractivity contribution in [2.24, 2.45) is 11.7 Å². The van der Waals surface area contributed by atoms with Crippen molar-refractivity contribution in [1.82, 2.24) is 5.32 Å². The molecule has 3 N–H and O–H groups in total. The van der Waals surface area contributed by atoms with Crippen LogP contribution < -0.4 is 20.5 Å². The Morgan fingerprint density at radius 3 is 2.35 bits per heavy atom. The Hall–Kier alpha value is -2.24. The van der Waals surface area contributed by atoms with E-state index >= 15 is 0 Å².